The monoisotopic (exact) mass is 325 g/mol. The highest BCUT2D eigenvalue weighted by Gasteiger charge is 2.17. The highest BCUT2D eigenvalue weighted by molar-refractivity contribution is 7.89. The van der Waals surface area contributed by atoms with Gasteiger partial charge in [-0.25, -0.2) is 26.3 Å². The van der Waals surface area contributed by atoms with Crippen LogP contribution in [0.2, 0.25) is 0 Å². The molecule has 8 nitrogen and oxygen atoms in total. The highest BCUT2D eigenvalue weighted by atomic mass is 32.2. The molecule has 10 heteroatoms. The van der Waals surface area contributed by atoms with Gasteiger partial charge < -0.3 is 9.73 Å². The summed E-state index contributed by atoms with van der Waals surface area (Å²) in [7, 11) is -5.22. The van der Waals surface area contributed by atoms with E-state index in [1.54, 1.807) is 13.1 Å². The second-order valence-corrected chi connectivity index (χ2v) is 7.70. The maximum atomic E-state index is 11.8. The quantitative estimate of drug-likeness (QED) is 0.513. The van der Waals surface area contributed by atoms with Gasteiger partial charge in [0, 0.05) is 13.1 Å². The lowest BCUT2D eigenvalue weighted by Crippen LogP contribution is -2.29. The molecule has 0 atom stereocenters. The third-order valence-corrected chi connectivity index (χ3v) is 4.32. The molecular formula is C10H19N3O5S2. The minimum absolute atomic E-state index is 0.118. The Bertz CT molecular complexity index is 621. The first-order valence-corrected chi connectivity index (χ1v) is 9.30. The fourth-order valence-electron chi connectivity index (χ4n) is 1.40. The van der Waals surface area contributed by atoms with Gasteiger partial charge >= 0.3 is 0 Å². The Balaban J connectivity index is 2.45. The molecular weight excluding hydrogens is 306 g/mol. The molecule has 0 saturated carbocycles. The topological polar surface area (TPSA) is 118 Å². The van der Waals surface area contributed by atoms with Crippen LogP contribution in [0.4, 0.5) is 0 Å². The molecule has 20 heavy (non-hydrogen) atoms. The first-order chi connectivity index (χ1) is 9.24. The van der Waals surface area contributed by atoms with E-state index in [-0.39, 0.29) is 18.2 Å². The number of hydrogen-bond acceptors (Lipinski definition) is 6. The van der Waals surface area contributed by atoms with E-state index in [0.29, 0.717) is 18.7 Å². The van der Waals surface area contributed by atoms with Crippen LogP contribution in [0.25, 0.3) is 0 Å². The molecule has 0 bridgehead atoms. The smallest absolute Gasteiger partial charge is 0.273 e. The molecule has 0 radical (unpaired) electrons. The molecule has 3 N–H and O–H groups in total. The van der Waals surface area contributed by atoms with E-state index >= 15 is 0 Å². The molecule has 0 unspecified atom stereocenters. The minimum atomic E-state index is -3.70. The van der Waals surface area contributed by atoms with Gasteiger partial charge in [0.05, 0.1) is 12.8 Å². The fourth-order valence-corrected chi connectivity index (χ4v) is 2.93. The lowest BCUT2D eigenvalue weighted by Gasteiger charge is -2.04. The Hall–Kier alpha value is -0.940. The Labute approximate surface area is 119 Å². The lowest BCUT2D eigenvalue weighted by molar-refractivity contribution is 0.404. The van der Waals surface area contributed by atoms with E-state index in [1.165, 1.54) is 6.07 Å². The van der Waals surface area contributed by atoms with Crippen LogP contribution in [0.15, 0.2) is 21.6 Å². The van der Waals surface area contributed by atoms with E-state index < -0.39 is 20.0 Å². The molecule has 1 heterocycles. The van der Waals surface area contributed by atoms with Gasteiger partial charge in [-0.05, 0) is 25.6 Å². The van der Waals surface area contributed by atoms with Gasteiger partial charge in [-0.1, -0.05) is 0 Å². The summed E-state index contributed by atoms with van der Waals surface area (Å²) in [6.07, 6.45) is 1.39. The summed E-state index contributed by atoms with van der Waals surface area (Å²) in [6, 6.07) is 2.96. The summed E-state index contributed by atoms with van der Waals surface area (Å²) >= 11 is 0. The highest BCUT2D eigenvalue weighted by Crippen LogP contribution is 2.13. The molecule has 0 aliphatic carbocycles. The van der Waals surface area contributed by atoms with Gasteiger partial charge in [-0.2, -0.15) is 0 Å². The average molecular weight is 325 g/mol. The van der Waals surface area contributed by atoms with E-state index in [4.69, 9.17) is 4.42 Å². The Morgan fingerprint density at radius 1 is 1.10 bits per heavy atom. The van der Waals surface area contributed by atoms with Gasteiger partial charge in [0.25, 0.3) is 10.0 Å². The SMILES string of the molecule is CNCc1ccc(S(=O)(=O)NCCCNS(C)(=O)=O)o1. The van der Waals surface area contributed by atoms with E-state index in [1.807, 2.05) is 0 Å². The van der Waals surface area contributed by atoms with Crippen molar-refractivity contribution in [3.05, 3.63) is 17.9 Å². The standard InChI is InChI=1S/C10H19N3O5S2/c1-11-8-9-4-5-10(18-9)20(16,17)13-7-3-6-12-19(2,14)15/h4-5,11-13H,3,6-8H2,1-2H3. The largest absolute Gasteiger partial charge is 0.447 e. The van der Waals surface area contributed by atoms with Crippen LogP contribution in [0, 0.1) is 0 Å². The minimum Gasteiger partial charge on any atom is -0.447 e. The van der Waals surface area contributed by atoms with Gasteiger partial charge in [0.15, 0.2) is 0 Å². The van der Waals surface area contributed by atoms with Crippen molar-refractivity contribution in [2.75, 3.05) is 26.4 Å². The summed E-state index contributed by atoms with van der Waals surface area (Å²) < 4.78 is 55.1. The van der Waals surface area contributed by atoms with Crippen LogP contribution in [0.5, 0.6) is 0 Å². The van der Waals surface area contributed by atoms with Crippen LogP contribution in [0.3, 0.4) is 0 Å². The molecule has 0 aliphatic heterocycles. The van der Waals surface area contributed by atoms with Gasteiger partial charge in [0.1, 0.15) is 5.76 Å². The van der Waals surface area contributed by atoms with Crippen LogP contribution < -0.4 is 14.8 Å². The number of furan rings is 1. The zero-order valence-electron chi connectivity index (χ0n) is 11.3. The maximum absolute atomic E-state index is 11.8. The van der Waals surface area contributed by atoms with E-state index in [0.717, 1.165) is 6.26 Å². The summed E-state index contributed by atoms with van der Waals surface area (Å²) in [5.74, 6) is 0.520. The first-order valence-electron chi connectivity index (χ1n) is 5.92. The molecule has 1 aromatic rings. The third kappa shape index (κ3) is 6.01. The number of nitrogens with one attached hydrogen (secondary N) is 3. The zero-order chi connectivity index (χ0) is 15.2. The van der Waals surface area contributed by atoms with Crippen LogP contribution in [-0.2, 0) is 26.6 Å². The number of hydrogen-bond donors (Lipinski definition) is 3. The van der Waals surface area contributed by atoms with Gasteiger partial charge in [-0.3, -0.25) is 0 Å². The molecule has 0 amide bonds. The summed E-state index contributed by atoms with van der Waals surface area (Å²) in [5, 5.41) is 2.69. The summed E-state index contributed by atoms with van der Waals surface area (Å²) in [6.45, 7) is 0.727. The molecule has 1 rings (SSSR count). The van der Waals surface area contributed by atoms with Crippen molar-refractivity contribution in [2.45, 2.75) is 18.1 Å². The van der Waals surface area contributed by atoms with Gasteiger partial charge in [-0.15, -0.1) is 0 Å². The maximum Gasteiger partial charge on any atom is 0.273 e. The molecule has 0 aliphatic rings. The first kappa shape index (κ1) is 17.1. The summed E-state index contributed by atoms with van der Waals surface area (Å²) in [4.78, 5) is 0. The van der Waals surface area contributed by atoms with Gasteiger partial charge in [0.2, 0.25) is 15.1 Å². The molecule has 0 saturated heterocycles. The Kier molecular flexibility index (Phi) is 6.14. The predicted octanol–water partition coefficient (Wildman–Crippen LogP) is -0.783. The molecule has 116 valence electrons. The van der Waals surface area contributed by atoms with Crippen molar-refractivity contribution in [1.29, 1.82) is 0 Å². The lowest BCUT2D eigenvalue weighted by atomic mass is 10.4. The Morgan fingerprint density at radius 2 is 1.75 bits per heavy atom. The second-order valence-electron chi connectivity index (χ2n) is 4.17. The van der Waals surface area contributed by atoms with Crippen molar-refractivity contribution in [3.63, 3.8) is 0 Å². The average Bonchev–Trinajstić information content (AvgIpc) is 2.77. The van der Waals surface area contributed by atoms with Crippen LogP contribution >= 0.6 is 0 Å². The van der Waals surface area contributed by atoms with Crippen molar-refractivity contribution in [1.82, 2.24) is 14.8 Å². The normalized spacial score (nSPS) is 12.7. The fraction of sp³-hybridized carbons (Fsp3) is 0.600. The zero-order valence-corrected chi connectivity index (χ0v) is 13.0. The van der Waals surface area contributed by atoms with Crippen LogP contribution in [0.1, 0.15) is 12.2 Å². The van der Waals surface area contributed by atoms with Crippen molar-refractivity contribution in [2.24, 2.45) is 0 Å². The number of sulfonamides is 2. The predicted molar refractivity (Wildman–Crippen MR) is 74.1 cm³/mol. The van der Waals surface area contributed by atoms with Crippen molar-refractivity contribution < 1.29 is 21.3 Å². The summed E-state index contributed by atoms with van der Waals surface area (Å²) in [5.41, 5.74) is 0. The molecule has 1 aromatic heterocycles. The Morgan fingerprint density at radius 3 is 2.35 bits per heavy atom. The van der Waals surface area contributed by atoms with Crippen molar-refractivity contribution >= 4 is 20.0 Å². The van der Waals surface area contributed by atoms with Crippen molar-refractivity contribution in [3.8, 4) is 0 Å². The second kappa shape index (κ2) is 7.18. The third-order valence-electron chi connectivity index (χ3n) is 2.26. The number of rotatable bonds is 9. The molecule has 0 spiro atoms. The van der Waals surface area contributed by atoms with E-state index in [9.17, 15) is 16.8 Å². The van der Waals surface area contributed by atoms with E-state index in [2.05, 4.69) is 14.8 Å². The molecule has 0 aromatic carbocycles. The van der Waals surface area contributed by atoms with Crippen LogP contribution in [-0.4, -0.2) is 43.2 Å². The molecule has 0 fully saturated rings.